The predicted molar refractivity (Wildman–Crippen MR) is 170 cm³/mol. The molecule has 1 aromatic rings. The van der Waals surface area contributed by atoms with Crippen molar-refractivity contribution in [3.63, 3.8) is 0 Å². The number of rotatable bonds is 6. The number of sulfone groups is 1. The molecule has 0 aliphatic carbocycles. The molecule has 13 nitrogen and oxygen atoms in total. The monoisotopic (exact) mass is 673 g/mol. The van der Waals surface area contributed by atoms with E-state index in [1.165, 1.54) is 12.1 Å². The molecule has 2 fully saturated rings. The number of anilines is 1. The zero-order valence-electron chi connectivity index (χ0n) is 27.2. The SMILES string of the molecule is C=CC(=O)Nc1ccc(S(=O)(=O)C2CCN(C(=O)OC(C)(C)C)CC2)cc1.CC(C)(C)OC(=O)N1CCC(OS(C)(=O)=O)CC1. The summed E-state index contributed by atoms with van der Waals surface area (Å²) in [6, 6.07) is 6.05. The molecule has 0 saturated carbocycles. The first-order valence-electron chi connectivity index (χ1n) is 14.7. The maximum atomic E-state index is 12.8. The Kier molecular flexibility index (Phi) is 13.0. The van der Waals surface area contributed by atoms with Crippen molar-refractivity contribution in [2.24, 2.45) is 0 Å². The Bertz CT molecular complexity index is 1400. The smallest absolute Gasteiger partial charge is 0.410 e. The first kappa shape index (κ1) is 38.0. The van der Waals surface area contributed by atoms with Crippen LogP contribution in [0.1, 0.15) is 67.2 Å². The van der Waals surface area contributed by atoms with Gasteiger partial charge in [0.1, 0.15) is 11.2 Å². The maximum Gasteiger partial charge on any atom is 0.410 e. The molecule has 15 heteroatoms. The second-order valence-electron chi connectivity index (χ2n) is 12.9. The van der Waals surface area contributed by atoms with Gasteiger partial charge in [-0.05, 0) is 97.6 Å². The first-order valence-corrected chi connectivity index (χ1v) is 18.1. The fourth-order valence-corrected chi connectivity index (χ4v) is 6.92. The number of hydrogen-bond donors (Lipinski definition) is 1. The van der Waals surface area contributed by atoms with Gasteiger partial charge >= 0.3 is 12.2 Å². The maximum absolute atomic E-state index is 12.8. The normalized spacial score (nSPS) is 17.0. The second kappa shape index (κ2) is 15.4. The van der Waals surface area contributed by atoms with Crippen molar-refractivity contribution in [2.75, 3.05) is 37.8 Å². The van der Waals surface area contributed by atoms with Crippen LogP contribution in [-0.4, -0.2) is 99.7 Å². The van der Waals surface area contributed by atoms with Gasteiger partial charge in [0.15, 0.2) is 9.84 Å². The summed E-state index contributed by atoms with van der Waals surface area (Å²) in [5.41, 5.74) is -0.599. The lowest BCUT2D eigenvalue weighted by Crippen LogP contribution is -2.44. The van der Waals surface area contributed by atoms with Gasteiger partial charge < -0.3 is 24.6 Å². The molecule has 3 amide bonds. The molecule has 254 valence electrons. The molecule has 2 aliphatic rings. The van der Waals surface area contributed by atoms with Crippen LogP contribution in [0.2, 0.25) is 0 Å². The summed E-state index contributed by atoms with van der Waals surface area (Å²) < 4.78 is 63.1. The van der Waals surface area contributed by atoms with E-state index >= 15 is 0 Å². The van der Waals surface area contributed by atoms with Crippen molar-refractivity contribution in [1.29, 1.82) is 0 Å². The first-order chi connectivity index (χ1) is 20.6. The summed E-state index contributed by atoms with van der Waals surface area (Å²) in [5.74, 6) is -0.361. The van der Waals surface area contributed by atoms with Crippen LogP contribution >= 0.6 is 0 Å². The van der Waals surface area contributed by atoms with E-state index in [2.05, 4.69) is 11.9 Å². The van der Waals surface area contributed by atoms with Crippen LogP contribution in [0.4, 0.5) is 15.3 Å². The van der Waals surface area contributed by atoms with Crippen molar-refractivity contribution < 1.29 is 44.9 Å². The van der Waals surface area contributed by atoms with Crippen LogP contribution < -0.4 is 5.32 Å². The lowest BCUT2D eigenvalue weighted by molar-refractivity contribution is -0.111. The fourth-order valence-electron chi connectivity index (χ4n) is 4.50. The highest BCUT2D eigenvalue weighted by Gasteiger charge is 2.34. The summed E-state index contributed by atoms with van der Waals surface area (Å²) in [6.07, 6.45) is 2.79. The van der Waals surface area contributed by atoms with Crippen LogP contribution in [0, 0.1) is 0 Å². The molecule has 3 rings (SSSR count). The van der Waals surface area contributed by atoms with Gasteiger partial charge in [0.25, 0.3) is 10.1 Å². The molecule has 0 bridgehead atoms. The average molecular weight is 674 g/mol. The van der Waals surface area contributed by atoms with Crippen molar-refractivity contribution >= 4 is 43.7 Å². The molecule has 0 atom stereocenters. The van der Waals surface area contributed by atoms with Crippen LogP contribution in [0.3, 0.4) is 0 Å². The van der Waals surface area contributed by atoms with Crippen LogP contribution in [-0.2, 0) is 38.4 Å². The number of benzene rings is 1. The average Bonchev–Trinajstić information content (AvgIpc) is 2.91. The van der Waals surface area contributed by atoms with Crippen molar-refractivity contribution in [1.82, 2.24) is 9.80 Å². The van der Waals surface area contributed by atoms with Gasteiger partial charge in [0, 0.05) is 31.9 Å². The summed E-state index contributed by atoms with van der Waals surface area (Å²) >= 11 is 0. The van der Waals surface area contributed by atoms with Crippen LogP contribution in [0.15, 0.2) is 41.8 Å². The third kappa shape index (κ3) is 13.4. The van der Waals surface area contributed by atoms with Crippen molar-refractivity contribution in [3.8, 4) is 0 Å². The quantitative estimate of drug-likeness (QED) is 0.339. The summed E-state index contributed by atoms with van der Waals surface area (Å²) in [5, 5.41) is 2.03. The van der Waals surface area contributed by atoms with E-state index < -0.39 is 42.5 Å². The molecule has 2 aliphatic heterocycles. The molecule has 1 aromatic carbocycles. The van der Waals surface area contributed by atoms with Crippen LogP contribution in [0.25, 0.3) is 0 Å². The number of likely N-dealkylation sites (tertiary alicyclic amines) is 2. The zero-order valence-corrected chi connectivity index (χ0v) is 28.8. The van der Waals surface area contributed by atoms with Gasteiger partial charge in [-0.3, -0.25) is 8.98 Å². The van der Waals surface area contributed by atoms with E-state index in [0.29, 0.717) is 57.5 Å². The lowest BCUT2D eigenvalue weighted by Gasteiger charge is -2.33. The Morgan fingerprint density at radius 1 is 0.800 bits per heavy atom. The molecule has 0 spiro atoms. The predicted octanol–water partition coefficient (Wildman–Crippen LogP) is 4.35. The van der Waals surface area contributed by atoms with E-state index in [1.807, 2.05) is 20.8 Å². The number of piperidine rings is 2. The standard InChI is InChI=1S/C19H26N2O5S.C11H21NO5S/c1-5-17(22)20-14-6-8-15(9-7-14)27(24,25)16-10-12-21(13-11-16)18(23)26-19(2,3)4;1-11(2,3)16-10(13)12-7-5-9(6-8-12)17-18(4,14)15/h5-9,16H,1,10-13H2,2-4H3,(H,20,22);9H,5-8H2,1-4H3. The number of ether oxygens (including phenoxy) is 2. The second-order valence-corrected chi connectivity index (χ2v) is 16.7. The summed E-state index contributed by atoms with van der Waals surface area (Å²) in [7, 11) is -6.93. The Balaban J connectivity index is 0.000000341. The number of amides is 3. The van der Waals surface area contributed by atoms with E-state index in [9.17, 15) is 31.2 Å². The number of carbonyl (C=O) groups excluding carboxylic acids is 3. The van der Waals surface area contributed by atoms with Crippen LogP contribution in [0.5, 0.6) is 0 Å². The molecule has 0 radical (unpaired) electrons. The van der Waals surface area contributed by atoms with Crippen molar-refractivity contribution in [3.05, 3.63) is 36.9 Å². The Morgan fingerprint density at radius 3 is 1.60 bits per heavy atom. The van der Waals surface area contributed by atoms with Gasteiger partial charge in [-0.25, -0.2) is 18.0 Å². The minimum absolute atomic E-state index is 0.204. The van der Waals surface area contributed by atoms with Crippen molar-refractivity contribution in [2.45, 2.75) is 94.7 Å². The Morgan fingerprint density at radius 2 is 1.22 bits per heavy atom. The van der Waals surface area contributed by atoms with E-state index in [-0.39, 0.29) is 23.0 Å². The molecular formula is C30H47N3O10S2. The van der Waals surface area contributed by atoms with E-state index in [1.54, 1.807) is 42.7 Å². The van der Waals surface area contributed by atoms with Gasteiger partial charge in [-0.1, -0.05) is 6.58 Å². The molecule has 0 aromatic heterocycles. The molecule has 2 heterocycles. The highest BCUT2D eigenvalue weighted by Crippen LogP contribution is 2.26. The molecule has 0 unspecified atom stereocenters. The number of carbonyl (C=O) groups is 3. The zero-order chi connectivity index (χ0) is 34.2. The lowest BCUT2D eigenvalue weighted by atomic mass is 10.1. The third-order valence-corrected chi connectivity index (χ3v) is 9.47. The Labute approximate surface area is 267 Å². The number of nitrogens with zero attached hydrogens (tertiary/aromatic N) is 2. The van der Waals surface area contributed by atoms with Gasteiger partial charge in [0.2, 0.25) is 5.91 Å². The van der Waals surface area contributed by atoms with E-state index in [4.69, 9.17) is 13.7 Å². The minimum atomic E-state index is -3.51. The highest BCUT2D eigenvalue weighted by molar-refractivity contribution is 7.92. The van der Waals surface area contributed by atoms with Gasteiger partial charge in [-0.2, -0.15) is 8.42 Å². The summed E-state index contributed by atoms with van der Waals surface area (Å²) in [4.78, 5) is 38.5. The molecular weight excluding hydrogens is 626 g/mol. The fraction of sp³-hybridized carbons (Fsp3) is 0.633. The Hall–Kier alpha value is -3.17. The molecule has 2 saturated heterocycles. The number of nitrogens with one attached hydrogen (secondary N) is 1. The third-order valence-electron chi connectivity index (χ3n) is 6.57. The highest BCUT2D eigenvalue weighted by atomic mass is 32.2. The minimum Gasteiger partial charge on any atom is -0.444 e. The van der Waals surface area contributed by atoms with E-state index in [0.717, 1.165) is 12.3 Å². The number of hydrogen-bond acceptors (Lipinski definition) is 10. The summed E-state index contributed by atoms with van der Waals surface area (Å²) in [6.45, 7) is 15.8. The molecule has 1 N–H and O–H groups in total. The largest absolute Gasteiger partial charge is 0.444 e. The van der Waals surface area contributed by atoms with Gasteiger partial charge in [0.05, 0.1) is 22.5 Å². The van der Waals surface area contributed by atoms with Gasteiger partial charge in [-0.15, -0.1) is 0 Å². The molecule has 45 heavy (non-hydrogen) atoms. The topological polar surface area (TPSA) is 166 Å².